The maximum Gasteiger partial charge on any atom is 0.261 e. The molecule has 6 nitrogen and oxygen atoms in total. The first kappa shape index (κ1) is 17.4. The van der Waals surface area contributed by atoms with Crippen LogP contribution in [0.1, 0.15) is 10.4 Å². The third-order valence-corrected chi connectivity index (χ3v) is 5.44. The topological polar surface area (TPSA) is 88.2 Å². The van der Waals surface area contributed by atoms with E-state index in [1.165, 1.54) is 41.7 Å². The van der Waals surface area contributed by atoms with Crippen LogP contribution in [-0.2, 0) is 10.0 Å². The highest BCUT2D eigenvalue weighted by Gasteiger charge is 2.17. The van der Waals surface area contributed by atoms with Gasteiger partial charge in [-0.3, -0.25) is 14.8 Å². The summed E-state index contributed by atoms with van der Waals surface area (Å²) in [5, 5.41) is 5.19. The van der Waals surface area contributed by atoms with Crippen LogP contribution < -0.4 is 10.0 Å². The molecule has 0 aliphatic carbocycles. The summed E-state index contributed by atoms with van der Waals surface area (Å²) in [4.78, 5) is 16.1. The van der Waals surface area contributed by atoms with Crippen LogP contribution in [0.4, 0.5) is 10.8 Å². The molecule has 0 atom stereocenters. The molecule has 1 heterocycles. The van der Waals surface area contributed by atoms with Crippen molar-refractivity contribution in [2.75, 3.05) is 10.0 Å². The van der Waals surface area contributed by atoms with Gasteiger partial charge in [0.15, 0.2) is 5.13 Å². The Balaban J connectivity index is 1.83. The fourth-order valence-corrected chi connectivity index (χ4v) is 3.83. The van der Waals surface area contributed by atoms with Gasteiger partial charge in [-0.2, -0.15) is 0 Å². The summed E-state index contributed by atoms with van der Waals surface area (Å²) >= 11 is 7.13. The lowest BCUT2D eigenvalue weighted by Gasteiger charge is -2.09. The van der Waals surface area contributed by atoms with E-state index in [0.29, 0.717) is 15.8 Å². The minimum absolute atomic E-state index is 0.0285. The van der Waals surface area contributed by atoms with Crippen molar-refractivity contribution in [2.24, 2.45) is 0 Å². The van der Waals surface area contributed by atoms with Crippen LogP contribution in [0, 0.1) is 0 Å². The number of sulfonamides is 1. The number of nitrogens with one attached hydrogen (secondary N) is 2. The molecule has 2 N–H and O–H groups in total. The summed E-state index contributed by atoms with van der Waals surface area (Å²) in [6.07, 6.45) is 1.57. The molecule has 0 aliphatic heterocycles. The van der Waals surface area contributed by atoms with Crippen molar-refractivity contribution in [3.63, 3.8) is 0 Å². The van der Waals surface area contributed by atoms with E-state index in [9.17, 15) is 13.2 Å². The molecule has 0 spiro atoms. The largest absolute Gasteiger partial charge is 0.298 e. The first-order valence-corrected chi connectivity index (χ1v) is 9.77. The number of nitrogens with zero attached hydrogens (tertiary/aromatic N) is 1. The molecular formula is C16H12ClN3O3S2. The number of hydrogen-bond donors (Lipinski definition) is 2. The number of rotatable bonds is 5. The van der Waals surface area contributed by atoms with Crippen LogP contribution in [0.3, 0.4) is 0 Å². The molecule has 0 aliphatic rings. The highest BCUT2D eigenvalue weighted by molar-refractivity contribution is 7.92. The molecule has 0 fully saturated rings. The van der Waals surface area contributed by atoms with E-state index in [4.69, 9.17) is 11.6 Å². The van der Waals surface area contributed by atoms with Crippen molar-refractivity contribution in [1.82, 2.24) is 4.98 Å². The van der Waals surface area contributed by atoms with Gasteiger partial charge in [0.1, 0.15) is 0 Å². The molecule has 0 bridgehead atoms. The monoisotopic (exact) mass is 393 g/mol. The van der Waals surface area contributed by atoms with E-state index in [1.807, 2.05) is 0 Å². The van der Waals surface area contributed by atoms with Crippen molar-refractivity contribution in [3.8, 4) is 0 Å². The van der Waals surface area contributed by atoms with Crippen LogP contribution >= 0.6 is 22.9 Å². The Labute approximate surface area is 153 Å². The van der Waals surface area contributed by atoms with Gasteiger partial charge in [0.2, 0.25) is 0 Å². The molecule has 1 aromatic heterocycles. The quantitative estimate of drug-likeness (QED) is 0.689. The summed E-state index contributed by atoms with van der Waals surface area (Å²) in [5.74, 6) is -0.435. The van der Waals surface area contributed by atoms with E-state index in [0.717, 1.165) is 0 Å². The van der Waals surface area contributed by atoms with Crippen molar-refractivity contribution < 1.29 is 13.2 Å². The van der Waals surface area contributed by atoms with E-state index in [-0.39, 0.29) is 10.5 Å². The number of aromatic nitrogens is 1. The molecule has 3 rings (SSSR count). The number of amides is 1. The first-order valence-electron chi connectivity index (χ1n) is 7.03. The van der Waals surface area contributed by atoms with E-state index in [2.05, 4.69) is 15.0 Å². The Morgan fingerprint density at radius 3 is 2.64 bits per heavy atom. The highest BCUT2D eigenvalue weighted by atomic mass is 35.5. The van der Waals surface area contributed by atoms with Gasteiger partial charge >= 0.3 is 0 Å². The molecule has 0 unspecified atom stereocenters. The van der Waals surface area contributed by atoms with Crippen molar-refractivity contribution >= 4 is 49.7 Å². The molecule has 1 amide bonds. The van der Waals surface area contributed by atoms with Crippen LogP contribution in [0.25, 0.3) is 0 Å². The minimum Gasteiger partial charge on any atom is -0.298 e. The van der Waals surface area contributed by atoms with Gasteiger partial charge in [0.05, 0.1) is 10.6 Å². The molecule has 3 aromatic rings. The van der Waals surface area contributed by atoms with Gasteiger partial charge in [-0.15, -0.1) is 11.3 Å². The second kappa shape index (κ2) is 7.22. The maximum absolute atomic E-state index is 12.5. The Bertz CT molecular complexity index is 1000. The fourth-order valence-electron chi connectivity index (χ4n) is 2.02. The van der Waals surface area contributed by atoms with Crippen LogP contribution in [0.15, 0.2) is 65.0 Å². The van der Waals surface area contributed by atoms with Crippen LogP contribution in [0.2, 0.25) is 5.02 Å². The average Bonchev–Trinajstić information content (AvgIpc) is 3.07. The van der Waals surface area contributed by atoms with Gasteiger partial charge in [0, 0.05) is 22.2 Å². The second-order valence-corrected chi connectivity index (χ2v) is 7.95. The van der Waals surface area contributed by atoms with E-state index in [1.54, 1.807) is 29.8 Å². The molecule has 2 aromatic carbocycles. The zero-order chi connectivity index (χ0) is 17.9. The summed E-state index contributed by atoms with van der Waals surface area (Å²) in [6, 6.07) is 12.1. The van der Waals surface area contributed by atoms with Crippen LogP contribution in [-0.4, -0.2) is 19.3 Å². The molecule has 25 heavy (non-hydrogen) atoms. The lowest BCUT2D eigenvalue weighted by atomic mass is 10.2. The SMILES string of the molecule is O=C(Nc1nccs1)c1cccc(S(=O)(=O)Nc2cccc(Cl)c2)c1. The second-order valence-electron chi connectivity index (χ2n) is 4.94. The lowest BCUT2D eigenvalue weighted by Crippen LogP contribution is -2.15. The zero-order valence-electron chi connectivity index (χ0n) is 12.6. The van der Waals surface area contributed by atoms with Crippen molar-refractivity contribution in [3.05, 3.63) is 70.7 Å². The predicted octanol–water partition coefficient (Wildman–Crippen LogP) is 3.85. The lowest BCUT2D eigenvalue weighted by molar-refractivity contribution is 0.102. The smallest absolute Gasteiger partial charge is 0.261 e. The minimum atomic E-state index is -3.85. The highest BCUT2D eigenvalue weighted by Crippen LogP contribution is 2.20. The van der Waals surface area contributed by atoms with Gasteiger partial charge < -0.3 is 0 Å². The third kappa shape index (κ3) is 4.36. The Morgan fingerprint density at radius 1 is 1.12 bits per heavy atom. The predicted molar refractivity (Wildman–Crippen MR) is 98.8 cm³/mol. The van der Waals surface area contributed by atoms with Gasteiger partial charge in [-0.1, -0.05) is 23.7 Å². The molecule has 0 saturated carbocycles. The summed E-state index contributed by atoms with van der Waals surface area (Å²) in [6.45, 7) is 0. The maximum atomic E-state index is 12.5. The number of benzene rings is 2. The van der Waals surface area contributed by atoms with Crippen molar-refractivity contribution in [2.45, 2.75) is 4.90 Å². The number of carbonyl (C=O) groups is 1. The summed E-state index contributed by atoms with van der Waals surface area (Å²) in [7, 11) is -3.85. The normalized spacial score (nSPS) is 11.1. The molecule has 9 heteroatoms. The number of hydrogen-bond acceptors (Lipinski definition) is 5. The molecule has 0 saturated heterocycles. The Hall–Kier alpha value is -2.42. The van der Waals surface area contributed by atoms with E-state index >= 15 is 0 Å². The fraction of sp³-hybridized carbons (Fsp3) is 0. The zero-order valence-corrected chi connectivity index (χ0v) is 15.0. The van der Waals surface area contributed by atoms with E-state index < -0.39 is 15.9 Å². The van der Waals surface area contributed by atoms with Crippen molar-refractivity contribution in [1.29, 1.82) is 0 Å². The van der Waals surface area contributed by atoms with Gasteiger partial charge in [-0.25, -0.2) is 13.4 Å². The summed E-state index contributed by atoms with van der Waals surface area (Å²) in [5.41, 5.74) is 0.550. The number of halogens is 1. The third-order valence-electron chi connectivity index (χ3n) is 3.14. The number of thiazole rings is 1. The number of anilines is 2. The van der Waals surface area contributed by atoms with Gasteiger partial charge in [-0.05, 0) is 36.4 Å². The molecule has 128 valence electrons. The summed E-state index contributed by atoms with van der Waals surface area (Å²) < 4.78 is 27.4. The Kier molecular flexibility index (Phi) is 5.03. The number of carbonyl (C=O) groups excluding carboxylic acids is 1. The first-order chi connectivity index (χ1) is 11.9. The van der Waals surface area contributed by atoms with Gasteiger partial charge in [0.25, 0.3) is 15.9 Å². The molecular weight excluding hydrogens is 382 g/mol. The standard InChI is InChI=1S/C16H12ClN3O3S2/c17-12-4-2-5-13(10-12)20-25(22,23)14-6-1-3-11(9-14)15(21)19-16-18-7-8-24-16/h1-10,20H,(H,18,19,21). The molecule has 0 radical (unpaired) electrons. The van der Waals surface area contributed by atoms with Crippen LogP contribution in [0.5, 0.6) is 0 Å². The Morgan fingerprint density at radius 2 is 1.92 bits per heavy atom. The average molecular weight is 394 g/mol.